The Balaban J connectivity index is 1.83. The standard InChI is InChI=1S/C17H27NO9S/c1-14(19)28-13-12-26-11-10-25-9-8-24-7-6-23-5-4-17(22)27-18-15(20)2-3-16(18)21/h2-3,20-21H,4-13H2,1H3. The first-order chi connectivity index (χ1) is 13.5. The van der Waals surface area contributed by atoms with Gasteiger partial charge in [-0.3, -0.25) is 4.79 Å². The summed E-state index contributed by atoms with van der Waals surface area (Å²) in [5.74, 6) is -0.756. The van der Waals surface area contributed by atoms with Gasteiger partial charge in [0.2, 0.25) is 11.8 Å². The number of thioether (sulfide) groups is 1. The van der Waals surface area contributed by atoms with Crippen molar-refractivity contribution in [3.8, 4) is 11.8 Å². The van der Waals surface area contributed by atoms with Crippen molar-refractivity contribution < 1.29 is 43.6 Å². The zero-order valence-electron chi connectivity index (χ0n) is 15.8. The average molecular weight is 421 g/mol. The molecule has 0 unspecified atom stereocenters. The second kappa shape index (κ2) is 15.2. The number of carbonyl (C=O) groups is 2. The minimum Gasteiger partial charge on any atom is -0.492 e. The molecule has 1 rings (SSSR count). The zero-order chi connectivity index (χ0) is 20.6. The summed E-state index contributed by atoms with van der Waals surface area (Å²) >= 11 is 1.23. The highest BCUT2D eigenvalue weighted by molar-refractivity contribution is 8.13. The van der Waals surface area contributed by atoms with Crippen molar-refractivity contribution in [1.29, 1.82) is 0 Å². The average Bonchev–Trinajstić information content (AvgIpc) is 2.96. The van der Waals surface area contributed by atoms with Crippen molar-refractivity contribution in [3.63, 3.8) is 0 Å². The Hall–Kier alpha value is -1.79. The molecule has 2 N–H and O–H groups in total. The molecule has 1 aromatic heterocycles. The Bertz CT molecular complexity index is 559. The van der Waals surface area contributed by atoms with Gasteiger partial charge in [-0.1, -0.05) is 11.8 Å². The highest BCUT2D eigenvalue weighted by atomic mass is 32.2. The van der Waals surface area contributed by atoms with Crippen LogP contribution < -0.4 is 4.84 Å². The maximum atomic E-state index is 11.5. The van der Waals surface area contributed by atoms with E-state index in [1.54, 1.807) is 0 Å². The van der Waals surface area contributed by atoms with Crippen LogP contribution in [0.1, 0.15) is 13.3 Å². The molecule has 0 saturated carbocycles. The molecule has 0 aliphatic rings. The molecule has 0 saturated heterocycles. The molecule has 0 amide bonds. The largest absolute Gasteiger partial charge is 0.492 e. The number of aromatic nitrogens is 1. The number of nitrogens with zero attached hydrogens (tertiary/aromatic N) is 1. The van der Waals surface area contributed by atoms with Crippen LogP contribution in [0.4, 0.5) is 0 Å². The Morgan fingerprint density at radius 3 is 1.82 bits per heavy atom. The van der Waals surface area contributed by atoms with Crippen LogP contribution in [0.2, 0.25) is 0 Å². The summed E-state index contributed by atoms with van der Waals surface area (Å²) < 4.78 is 21.8. The van der Waals surface area contributed by atoms with E-state index in [2.05, 4.69) is 0 Å². The van der Waals surface area contributed by atoms with Crippen LogP contribution in [0.25, 0.3) is 0 Å². The van der Waals surface area contributed by atoms with E-state index >= 15 is 0 Å². The molecule has 11 heteroatoms. The first kappa shape index (κ1) is 24.2. The van der Waals surface area contributed by atoms with E-state index in [0.717, 1.165) is 0 Å². The summed E-state index contributed by atoms with van der Waals surface area (Å²) in [5.41, 5.74) is 0. The molecule has 0 radical (unpaired) electrons. The number of aromatic hydroxyl groups is 2. The van der Waals surface area contributed by atoms with Crippen LogP contribution in [0.5, 0.6) is 11.8 Å². The van der Waals surface area contributed by atoms with Crippen molar-refractivity contribution in [2.45, 2.75) is 13.3 Å². The first-order valence-electron chi connectivity index (χ1n) is 8.76. The third kappa shape index (κ3) is 11.8. The number of hydrogen-bond acceptors (Lipinski definition) is 10. The number of rotatable bonds is 16. The highest BCUT2D eigenvalue weighted by Crippen LogP contribution is 2.18. The summed E-state index contributed by atoms with van der Waals surface area (Å²) in [4.78, 5) is 27.0. The van der Waals surface area contributed by atoms with E-state index in [1.807, 2.05) is 0 Å². The predicted octanol–water partition coefficient (Wildman–Crippen LogP) is 0.591. The van der Waals surface area contributed by atoms with Gasteiger partial charge in [0.25, 0.3) is 0 Å². The normalized spacial score (nSPS) is 10.9. The SMILES string of the molecule is CC(=O)SCCOCCOCCOCCOCCC(=O)On1c(O)ccc1O. The molecule has 1 heterocycles. The fourth-order valence-corrected chi connectivity index (χ4v) is 2.29. The molecule has 0 aliphatic carbocycles. The molecule has 10 nitrogen and oxygen atoms in total. The molecular formula is C17H27NO9S. The summed E-state index contributed by atoms with van der Waals surface area (Å²) in [6.45, 7) is 4.61. The van der Waals surface area contributed by atoms with Gasteiger partial charge in [0.05, 0.1) is 59.3 Å². The zero-order valence-corrected chi connectivity index (χ0v) is 16.6. The topological polar surface area (TPSA) is 126 Å². The van der Waals surface area contributed by atoms with Crippen LogP contribution in [0.3, 0.4) is 0 Å². The number of hydrogen-bond donors (Lipinski definition) is 2. The Labute approximate surface area is 167 Å². The smallest absolute Gasteiger partial charge is 0.335 e. The van der Waals surface area contributed by atoms with Gasteiger partial charge in [-0.25, -0.2) is 4.79 Å². The number of carbonyl (C=O) groups excluding carboxylic acids is 2. The minimum absolute atomic E-state index is 0.0366. The van der Waals surface area contributed by atoms with E-state index in [-0.39, 0.29) is 29.9 Å². The van der Waals surface area contributed by atoms with Crippen LogP contribution in [-0.2, 0) is 28.5 Å². The van der Waals surface area contributed by atoms with Crippen molar-refractivity contribution >= 4 is 22.8 Å². The molecule has 28 heavy (non-hydrogen) atoms. The van der Waals surface area contributed by atoms with E-state index in [0.29, 0.717) is 56.7 Å². The van der Waals surface area contributed by atoms with Crippen molar-refractivity contribution in [1.82, 2.24) is 4.73 Å². The Morgan fingerprint density at radius 2 is 1.32 bits per heavy atom. The summed E-state index contributed by atoms with van der Waals surface area (Å²) in [6, 6.07) is 2.40. The van der Waals surface area contributed by atoms with E-state index in [1.165, 1.54) is 30.8 Å². The quantitative estimate of drug-likeness (QED) is 0.366. The van der Waals surface area contributed by atoms with Gasteiger partial charge in [0, 0.05) is 24.8 Å². The lowest BCUT2D eigenvalue weighted by atomic mass is 10.5. The van der Waals surface area contributed by atoms with E-state index < -0.39 is 5.97 Å². The molecule has 0 fully saturated rings. The maximum absolute atomic E-state index is 11.5. The lowest BCUT2D eigenvalue weighted by molar-refractivity contribution is -0.146. The van der Waals surface area contributed by atoms with Crippen LogP contribution in [0, 0.1) is 0 Å². The molecule has 0 spiro atoms. The van der Waals surface area contributed by atoms with E-state index in [4.69, 9.17) is 23.8 Å². The summed E-state index contributed by atoms with van der Waals surface area (Å²) in [6.07, 6.45) is -0.0366. The first-order valence-corrected chi connectivity index (χ1v) is 9.74. The van der Waals surface area contributed by atoms with Crippen LogP contribution in [0.15, 0.2) is 12.1 Å². The Kier molecular flexibility index (Phi) is 13.1. The van der Waals surface area contributed by atoms with Crippen molar-refractivity contribution in [2.75, 3.05) is 58.6 Å². The predicted molar refractivity (Wildman–Crippen MR) is 100 cm³/mol. The van der Waals surface area contributed by atoms with Gasteiger partial charge in [-0.05, 0) is 0 Å². The van der Waals surface area contributed by atoms with Gasteiger partial charge >= 0.3 is 5.97 Å². The molecule has 0 aliphatic heterocycles. The second-order valence-corrected chi connectivity index (χ2v) is 6.62. The van der Waals surface area contributed by atoms with Crippen LogP contribution >= 0.6 is 11.8 Å². The molecule has 0 bridgehead atoms. The lowest BCUT2D eigenvalue weighted by Crippen LogP contribution is -2.20. The lowest BCUT2D eigenvalue weighted by Gasteiger charge is -2.08. The van der Waals surface area contributed by atoms with Crippen LogP contribution in [-0.4, -0.2) is 84.6 Å². The minimum atomic E-state index is -0.654. The fourth-order valence-electron chi connectivity index (χ4n) is 1.80. The third-order valence-corrected chi connectivity index (χ3v) is 3.87. The number of ether oxygens (including phenoxy) is 4. The molecular weight excluding hydrogens is 394 g/mol. The van der Waals surface area contributed by atoms with E-state index in [9.17, 15) is 19.8 Å². The highest BCUT2D eigenvalue weighted by Gasteiger charge is 2.11. The Morgan fingerprint density at radius 1 is 0.857 bits per heavy atom. The van der Waals surface area contributed by atoms with Crippen molar-refractivity contribution in [3.05, 3.63) is 12.1 Å². The summed E-state index contributed by atoms with van der Waals surface area (Å²) in [5, 5.41) is 18.8. The fraction of sp³-hybridized carbons (Fsp3) is 0.647. The van der Waals surface area contributed by atoms with Gasteiger partial charge in [0.1, 0.15) is 0 Å². The van der Waals surface area contributed by atoms with Gasteiger partial charge in [-0.2, -0.15) is 0 Å². The maximum Gasteiger partial charge on any atom is 0.335 e. The molecule has 1 aromatic rings. The molecule has 0 aromatic carbocycles. The third-order valence-electron chi connectivity index (χ3n) is 3.09. The van der Waals surface area contributed by atoms with Gasteiger partial charge in [-0.15, -0.1) is 4.73 Å². The molecule has 160 valence electrons. The summed E-state index contributed by atoms with van der Waals surface area (Å²) in [7, 11) is 0. The van der Waals surface area contributed by atoms with Crippen molar-refractivity contribution in [2.24, 2.45) is 0 Å². The van der Waals surface area contributed by atoms with Gasteiger partial charge < -0.3 is 34.0 Å². The monoisotopic (exact) mass is 421 g/mol. The second-order valence-electron chi connectivity index (χ2n) is 5.35. The van der Waals surface area contributed by atoms with Gasteiger partial charge in [0.15, 0.2) is 5.12 Å². The molecule has 0 atom stereocenters.